The molecule has 0 radical (unpaired) electrons. The fourth-order valence-corrected chi connectivity index (χ4v) is 1.11. The quantitative estimate of drug-likeness (QED) is 0.556. The number of pyridine rings is 1. The van der Waals surface area contributed by atoms with Gasteiger partial charge in [-0.25, -0.2) is 0 Å². The van der Waals surface area contributed by atoms with Gasteiger partial charge in [-0.05, 0) is 12.1 Å². The van der Waals surface area contributed by atoms with Crippen LogP contribution in [0.5, 0.6) is 0 Å². The van der Waals surface area contributed by atoms with Crippen molar-refractivity contribution in [2.24, 2.45) is 0 Å². The van der Waals surface area contributed by atoms with Crippen LogP contribution in [-0.4, -0.2) is 14.9 Å². The number of nitrogens with zero attached hydrogens (tertiary/aromatic N) is 4. The predicted molar refractivity (Wildman–Crippen MR) is 51.1 cm³/mol. The molecule has 2 rings (SSSR count). The average molecular weight is 216 g/mol. The molecule has 0 N–H and O–H groups in total. The first-order valence-corrected chi connectivity index (χ1v) is 4.19. The van der Waals surface area contributed by atoms with Crippen molar-refractivity contribution >= 4 is 5.88 Å². The minimum absolute atomic E-state index is 0.0381. The molecule has 0 aliphatic rings. The van der Waals surface area contributed by atoms with Crippen molar-refractivity contribution in [2.75, 3.05) is 0 Å². The van der Waals surface area contributed by atoms with Crippen LogP contribution in [-0.2, 0) is 0 Å². The standard InChI is InChI=1S/C9H4N4O3/c10-5-7-9(13(14)15)16-8(12-7)6-3-1-2-4-11-6/h1-4H. The molecule has 0 saturated carbocycles. The Balaban J connectivity index is 2.54. The van der Waals surface area contributed by atoms with E-state index in [1.807, 2.05) is 0 Å². The maximum atomic E-state index is 10.5. The summed E-state index contributed by atoms with van der Waals surface area (Å²) in [5.74, 6) is -0.702. The first-order chi connectivity index (χ1) is 7.72. The van der Waals surface area contributed by atoms with Crippen molar-refractivity contribution in [3.05, 3.63) is 40.2 Å². The van der Waals surface area contributed by atoms with Crippen LogP contribution < -0.4 is 0 Å². The smallest absolute Gasteiger partial charge is 0.378 e. The van der Waals surface area contributed by atoms with E-state index in [9.17, 15) is 10.1 Å². The highest BCUT2D eigenvalue weighted by molar-refractivity contribution is 5.51. The van der Waals surface area contributed by atoms with Crippen LogP contribution in [0.15, 0.2) is 28.8 Å². The van der Waals surface area contributed by atoms with Crippen LogP contribution in [0.1, 0.15) is 5.69 Å². The minimum atomic E-state index is -0.794. The summed E-state index contributed by atoms with van der Waals surface area (Å²) in [7, 11) is 0. The van der Waals surface area contributed by atoms with E-state index in [1.54, 1.807) is 24.3 Å². The summed E-state index contributed by atoms with van der Waals surface area (Å²) >= 11 is 0. The van der Waals surface area contributed by atoms with Gasteiger partial charge in [-0.2, -0.15) is 10.2 Å². The summed E-state index contributed by atoms with van der Waals surface area (Å²) < 4.78 is 4.86. The van der Waals surface area contributed by atoms with Crippen LogP contribution in [0.3, 0.4) is 0 Å². The van der Waals surface area contributed by atoms with Crippen molar-refractivity contribution in [2.45, 2.75) is 0 Å². The summed E-state index contributed by atoms with van der Waals surface area (Å²) in [6.07, 6.45) is 1.50. The lowest BCUT2D eigenvalue weighted by molar-refractivity contribution is -0.402. The van der Waals surface area contributed by atoms with Crippen molar-refractivity contribution < 1.29 is 9.34 Å². The molecular weight excluding hydrogens is 212 g/mol. The number of oxazole rings is 1. The van der Waals surface area contributed by atoms with E-state index in [1.165, 1.54) is 6.20 Å². The first-order valence-electron chi connectivity index (χ1n) is 4.19. The van der Waals surface area contributed by atoms with E-state index < -0.39 is 10.8 Å². The lowest BCUT2D eigenvalue weighted by Crippen LogP contribution is -1.87. The molecular formula is C9H4N4O3. The molecule has 78 valence electrons. The topological polar surface area (TPSA) is 106 Å². The molecule has 7 heteroatoms. The zero-order valence-corrected chi connectivity index (χ0v) is 7.82. The summed E-state index contributed by atoms with van der Waals surface area (Å²) in [6, 6.07) is 6.54. The molecule has 0 aliphatic heterocycles. The van der Waals surface area contributed by atoms with E-state index in [-0.39, 0.29) is 11.6 Å². The Morgan fingerprint density at radius 3 is 2.81 bits per heavy atom. The summed E-state index contributed by atoms with van der Waals surface area (Å²) in [5.41, 5.74) is -0.0160. The Bertz CT molecular complexity index is 570. The van der Waals surface area contributed by atoms with Gasteiger partial charge in [-0.1, -0.05) is 6.07 Å². The number of nitro groups is 1. The second kappa shape index (κ2) is 3.78. The average Bonchev–Trinajstić information content (AvgIpc) is 2.74. The number of hydrogen-bond donors (Lipinski definition) is 0. The van der Waals surface area contributed by atoms with Gasteiger partial charge in [0.1, 0.15) is 16.7 Å². The third-order valence-corrected chi connectivity index (χ3v) is 1.77. The molecule has 0 amide bonds. The molecule has 16 heavy (non-hydrogen) atoms. The first kappa shape index (κ1) is 9.79. The zero-order valence-electron chi connectivity index (χ0n) is 7.82. The van der Waals surface area contributed by atoms with Gasteiger partial charge in [0.15, 0.2) is 0 Å². The molecule has 0 bridgehead atoms. The van der Waals surface area contributed by atoms with Crippen LogP contribution in [0.4, 0.5) is 5.88 Å². The van der Waals surface area contributed by atoms with Crippen molar-refractivity contribution in [1.82, 2.24) is 9.97 Å². The second-order valence-electron chi connectivity index (χ2n) is 2.76. The van der Waals surface area contributed by atoms with Gasteiger partial charge in [-0.3, -0.25) is 15.1 Å². The third kappa shape index (κ3) is 1.59. The molecule has 0 unspecified atom stereocenters. The van der Waals surface area contributed by atoms with Crippen molar-refractivity contribution in [3.8, 4) is 17.7 Å². The number of aromatic nitrogens is 2. The monoisotopic (exact) mass is 216 g/mol. The molecule has 2 heterocycles. The predicted octanol–water partition coefficient (Wildman–Crippen LogP) is 1.52. The second-order valence-corrected chi connectivity index (χ2v) is 2.76. The van der Waals surface area contributed by atoms with Crippen LogP contribution in [0, 0.1) is 21.4 Å². The molecule has 2 aromatic rings. The third-order valence-electron chi connectivity index (χ3n) is 1.77. The molecule has 0 spiro atoms. The van der Waals surface area contributed by atoms with Crippen LogP contribution in [0.25, 0.3) is 11.6 Å². The maximum Gasteiger partial charge on any atom is 0.472 e. The highest BCUT2D eigenvalue weighted by atomic mass is 16.6. The Kier molecular flexibility index (Phi) is 2.31. The maximum absolute atomic E-state index is 10.5. The minimum Gasteiger partial charge on any atom is -0.378 e. The SMILES string of the molecule is N#Cc1nc(-c2ccccn2)oc1[N+](=O)[O-]. The Morgan fingerprint density at radius 1 is 1.50 bits per heavy atom. The summed E-state index contributed by atoms with van der Waals surface area (Å²) in [4.78, 5) is 17.3. The zero-order chi connectivity index (χ0) is 11.5. The van der Waals surface area contributed by atoms with Gasteiger partial charge in [0.25, 0.3) is 11.6 Å². The molecule has 0 aliphatic carbocycles. The van der Waals surface area contributed by atoms with E-state index in [0.29, 0.717) is 5.69 Å². The number of rotatable bonds is 2. The van der Waals surface area contributed by atoms with E-state index in [0.717, 1.165) is 0 Å². The Hall–Kier alpha value is -2.75. The molecule has 7 nitrogen and oxygen atoms in total. The largest absolute Gasteiger partial charge is 0.472 e. The van der Waals surface area contributed by atoms with Gasteiger partial charge in [0.2, 0.25) is 0 Å². The molecule has 0 fully saturated rings. The van der Waals surface area contributed by atoms with Gasteiger partial charge < -0.3 is 4.42 Å². The normalized spacial score (nSPS) is 9.69. The van der Waals surface area contributed by atoms with Crippen molar-refractivity contribution in [3.63, 3.8) is 0 Å². The van der Waals surface area contributed by atoms with Gasteiger partial charge in [-0.15, -0.1) is 0 Å². The van der Waals surface area contributed by atoms with E-state index in [4.69, 9.17) is 9.68 Å². The summed E-state index contributed by atoms with van der Waals surface area (Å²) in [5, 5.41) is 19.2. The van der Waals surface area contributed by atoms with Crippen molar-refractivity contribution in [1.29, 1.82) is 5.26 Å². The highest BCUT2D eigenvalue weighted by Gasteiger charge is 2.24. The van der Waals surface area contributed by atoms with Crippen LogP contribution in [0.2, 0.25) is 0 Å². The molecule has 2 aromatic heterocycles. The fraction of sp³-hybridized carbons (Fsp3) is 0. The van der Waals surface area contributed by atoms with E-state index in [2.05, 4.69) is 9.97 Å². The lowest BCUT2D eigenvalue weighted by Gasteiger charge is -1.90. The molecule has 0 aromatic carbocycles. The van der Waals surface area contributed by atoms with Gasteiger partial charge in [0.05, 0.1) is 0 Å². The molecule has 0 saturated heterocycles. The highest BCUT2D eigenvalue weighted by Crippen LogP contribution is 2.24. The fourth-order valence-electron chi connectivity index (χ4n) is 1.11. The Labute approximate surface area is 89.1 Å². The Morgan fingerprint density at radius 2 is 2.31 bits per heavy atom. The van der Waals surface area contributed by atoms with Gasteiger partial charge >= 0.3 is 5.88 Å². The van der Waals surface area contributed by atoms with E-state index >= 15 is 0 Å². The van der Waals surface area contributed by atoms with Gasteiger partial charge in [0, 0.05) is 6.20 Å². The number of hydrogen-bond acceptors (Lipinski definition) is 6. The van der Waals surface area contributed by atoms with Crippen LogP contribution >= 0.6 is 0 Å². The number of nitriles is 1. The lowest BCUT2D eigenvalue weighted by atomic mass is 10.3. The molecule has 0 atom stereocenters. The summed E-state index contributed by atoms with van der Waals surface area (Å²) in [6.45, 7) is 0.